The number of amides is 1. The molecule has 1 fully saturated rings. The molecule has 0 aromatic heterocycles. The number of carbonyl (C=O) groups is 2. The van der Waals surface area contributed by atoms with E-state index in [1.54, 1.807) is 0 Å². The van der Waals surface area contributed by atoms with Crippen LogP contribution in [0.1, 0.15) is 44.3 Å². The number of hydrogen-bond acceptors (Lipinski definition) is 3. The fraction of sp³-hybridized carbons (Fsp3) is 0.500. The van der Waals surface area contributed by atoms with E-state index >= 15 is 0 Å². The molecule has 1 saturated carbocycles. The number of carboxylic acid groups (broad SMARTS) is 1. The lowest BCUT2D eigenvalue weighted by Gasteiger charge is -2.28. The molecule has 0 bridgehead atoms. The molecule has 0 radical (unpaired) electrons. The molecule has 1 aliphatic rings. The van der Waals surface area contributed by atoms with Crippen LogP contribution in [0.15, 0.2) is 30.3 Å². The summed E-state index contributed by atoms with van der Waals surface area (Å²) >= 11 is 0. The second-order valence-electron chi connectivity index (χ2n) is 5.33. The standard InChI is InChI=1S/C16H21NO4/c1-2-21-13(12-8-4-3-5-9-12)14(18)17-16(15(19)20)10-6-7-11-16/h3-5,8-9,13H,2,6-7,10-11H2,1H3,(H,17,18)(H,19,20). The Balaban J connectivity index is 2.17. The highest BCUT2D eigenvalue weighted by Crippen LogP contribution is 2.31. The lowest BCUT2D eigenvalue weighted by atomic mass is 9.96. The Morgan fingerprint density at radius 1 is 1.29 bits per heavy atom. The second kappa shape index (κ2) is 6.72. The molecule has 1 amide bonds. The summed E-state index contributed by atoms with van der Waals surface area (Å²) in [5.74, 6) is -1.34. The first-order valence-electron chi connectivity index (χ1n) is 7.31. The smallest absolute Gasteiger partial charge is 0.329 e. The van der Waals surface area contributed by atoms with Crippen molar-refractivity contribution in [2.75, 3.05) is 6.61 Å². The predicted octanol–water partition coefficient (Wildman–Crippen LogP) is 2.28. The molecule has 0 spiro atoms. The first-order chi connectivity index (χ1) is 10.1. The molecule has 21 heavy (non-hydrogen) atoms. The summed E-state index contributed by atoms with van der Waals surface area (Å²) in [6.07, 6.45) is 1.81. The molecule has 1 atom stereocenters. The summed E-state index contributed by atoms with van der Waals surface area (Å²) in [7, 11) is 0. The third-order valence-corrected chi connectivity index (χ3v) is 3.90. The number of nitrogens with one attached hydrogen (secondary N) is 1. The summed E-state index contributed by atoms with van der Waals surface area (Å²) in [6.45, 7) is 2.19. The molecule has 114 valence electrons. The quantitative estimate of drug-likeness (QED) is 0.843. The fourth-order valence-electron chi connectivity index (χ4n) is 2.79. The van der Waals surface area contributed by atoms with Crippen molar-refractivity contribution in [2.24, 2.45) is 0 Å². The fourth-order valence-corrected chi connectivity index (χ4v) is 2.79. The van der Waals surface area contributed by atoms with Crippen LogP contribution in [0.2, 0.25) is 0 Å². The topological polar surface area (TPSA) is 75.6 Å². The SMILES string of the molecule is CCOC(C(=O)NC1(C(=O)O)CCCC1)c1ccccc1. The first-order valence-corrected chi connectivity index (χ1v) is 7.31. The van der Waals surface area contributed by atoms with Crippen LogP contribution in [0.4, 0.5) is 0 Å². The molecule has 1 unspecified atom stereocenters. The van der Waals surface area contributed by atoms with Gasteiger partial charge in [0.2, 0.25) is 0 Å². The normalized spacial score (nSPS) is 18.1. The van der Waals surface area contributed by atoms with Crippen LogP contribution in [0.3, 0.4) is 0 Å². The number of rotatable bonds is 6. The van der Waals surface area contributed by atoms with E-state index in [0.717, 1.165) is 18.4 Å². The Hall–Kier alpha value is -1.88. The molecule has 1 aromatic carbocycles. The van der Waals surface area contributed by atoms with Gasteiger partial charge >= 0.3 is 5.97 Å². The first kappa shape index (κ1) is 15.5. The number of carbonyl (C=O) groups excluding carboxylic acids is 1. The van der Waals surface area contributed by atoms with Crippen molar-refractivity contribution >= 4 is 11.9 Å². The average molecular weight is 291 g/mol. The molecule has 0 aliphatic heterocycles. The molecule has 0 heterocycles. The van der Waals surface area contributed by atoms with Gasteiger partial charge in [0, 0.05) is 6.61 Å². The molecule has 1 aromatic rings. The van der Waals surface area contributed by atoms with E-state index in [1.807, 2.05) is 37.3 Å². The van der Waals surface area contributed by atoms with E-state index in [1.165, 1.54) is 0 Å². The van der Waals surface area contributed by atoms with Crippen molar-refractivity contribution in [3.8, 4) is 0 Å². The lowest BCUT2D eigenvalue weighted by molar-refractivity contribution is -0.150. The number of aliphatic carboxylic acids is 1. The van der Waals surface area contributed by atoms with E-state index < -0.39 is 17.6 Å². The van der Waals surface area contributed by atoms with Crippen molar-refractivity contribution in [3.63, 3.8) is 0 Å². The lowest BCUT2D eigenvalue weighted by Crippen LogP contribution is -2.54. The minimum Gasteiger partial charge on any atom is -0.480 e. The van der Waals surface area contributed by atoms with E-state index in [9.17, 15) is 14.7 Å². The number of benzene rings is 1. The van der Waals surface area contributed by atoms with Gasteiger partial charge in [-0.1, -0.05) is 43.2 Å². The molecule has 1 aliphatic carbocycles. The Bertz CT molecular complexity index is 494. The van der Waals surface area contributed by atoms with Crippen LogP contribution < -0.4 is 5.32 Å². The Morgan fingerprint density at radius 2 is 1.90 bits per heavy atom. The van der Waals surface area contributed by atoms with Gasteiger partial charge in [0.05, 0.1) is 0 Å². The second-order valence-corrected chi connectivity index (χ2v) is 5.33. The molecule has 0 saturated heterocycles. The van der Waals surface area contributed by atoms with Crippen molar-refractivity contribution < 1.29 is 19.4 Å². The third-order valence-electron chi connectivity index (χ3n) is 3.90. The maximum atomic E-state index is 12.5. The van der Waals surface area contributed by atoms with Crippen LogP contribution >= 0.6 is 0 Å². The van der Waals surface area contributed by atoms with E-state index in [4.69, 9.17) is 4.74 Å². The minimum atomic E-state index is -1.14. The van der Waals surface area contributed by atoms with Gasteiger partial charge in [-0.05, 0) is 25.3 Å². The van der Waals surface area contributed by atoms with Crippen molar-refractivity contribution in [1.82, 2.24) is 5.32 Å². The summed E-state index contributed by atoms with van der Waals surface area (Å²) < 4.78 is 5.52. The van der Waals surface area contributed by atoms with Gasteiger partial charge in [-0.3, -0.25) is 4.79 Å². The minimum absolute atomic E-state index is 0.382. The van der Waals surface area contributed by atoms with Crippen molar-refractivity contribution in [2.45, 2.75) is 44.2 Å². The Morgan fingerprint density at radius 3 is 2.43 bits per heavy atom. The summed E-state index contributed by atoms with van der Waals surface area (Å²) in [5, 5.41) is 12.2. The van der Waals surface area contributed by atoms with Crippen molar-refractivity contribution in [3.05, 3.63) is 35.9 Å². The largest absolute Gasteiger partial charge is 0.480 e. The predicted molar refractivity (Wildman–Crippen MR) is 77.8 cm³/mol. The summed E-state index contributed by atoms with van der Waals surface area (Å²) in [6, 6.07) is 9.14. The van der Waals surface area contributed by atoms with Gasteiger partial charge in [0.25, 0.3) is 5.91 Å². The number of ether oxygens (including phenoxy) is 1. The monoisotopic (exact) mass is 291 g/mol. The molecular formula is C16H21NO4. The van der Waals surface area contributed by atoms with Crippen LogP contribution in [0, 0.1) is 0 Å². The van der Waals surface area contributed by atoms with E-state index in [2.05, 4.69) is 5.32 Å². The van der Waals surface area contributed by atoms with E-state index in [0.29, 0.717) is 19.4 Å². The highest BCUT2D eigenvalue weighted by atomic mass is 16.5. The highest BCUT2D eigenvalue weighted by Gasteiger charge is 2.43. The number of hydrogen-bond donors (Lipinski definition) is 2. The van der Waals surface area contributed by atoms with Gasteiger partial charge in [0.15, 0.2) is 6.10 Å². The van der Waals surface area contributed by atoms with Gasteiger partial charge < -0.3 is 15.2 Å². The van der Waals surface area contributed by atoms with Gasteiger partial charge in [-0.25, -0.2) is 4.79 Å². The molecule has 2 rings (SSSR count). The molecular weight excluding hydrogens is 270 g/mol. The average Bonchev–Trinajstić information content (AvgIpc) is 2.95. The third kappa shape index (κ3) is 3.42. The molecule has 5 heteroatoms. The highest BCUT2D eigenvalue weighted by molar-refractivity contribution is 5.90. The summed E-state index contributed by atoms with van der Waals surface area (Å²) in [5.41, 5.74) is -0.406. The van der Waals surface area contributed by atoms with Crippen LogP contribution in [0.5, 0.6) is 0 Å². The zero-order valence-electron chi connectivity index (χ0n) is 12.2. The maximum Gasteiger partial charge on any atom is 0.329 e. The van der Waals surface area contributed by atoms with Crippen LogP contribution in [-0.2, 0) is 14.3 Å². The molecule has 2 N–H and O–H groups in total. The Kier molecular flexibility index (Phi) is 4.96. The summed E-state index contributed by atoms with van der Waals surface area (Å²) in [4.78, 5) is 24.0. The molecule has 5 nitrogen and oxygen atoms in total. The van der Waals surface area contributed by atoms with Crippen molar-refractivity contribution in [1.29, 1.82) is 0 Å². The van der Waals surface area contributed by atoms with E-state index in [-0.39, 0.29) is 5.91 Å². The van der Waals surface area contributed by atoms with Gasteiger partial charge in [0.1, 0.15) is 5.54 Å². The Labute approximate surface area is 124 Å². The van der Waals surface area contributed by atoms with Gasteiger partial charge in [-0.2, -0.15) is 0 Å². The van der Waals surface area contributed by atoms with Crippen LogP contribution in [-0.4, -0.2) is 29.1 Å². The van der Waals surface area contributed by atoms with Gasteiger partial charge in [-0.15, -0.1) is 0 Å². The maximum absolute atomic E-state index is 12.5. The number of carboxylic acids is 1. The van der Waals surface area contributed by atoms with Crippen LogP contribution in [0.25, 0.3) is 0 Å². The zero-order chi connectivity index (χ0) is 15.3. The zero-order valence-corrected chi connectivity index (χ0v) is 12.2.